The van der Waals surface area contributed by atoms with Crippen molar-refractivity contribution >= 4 is 17.8 Å². The highest BCUT2D eigenvalue weighted by atomic mass is 19.3. The summed E-state index contributed by atoms with van der Waals surface area (Å²) in [5.74, 6) is -1.43. The lowest BCUT2D eigenvalue weighted by Gasteiger charge is -2.12. The zero-order valence-corrected chi connectivity index (χ0v) is 14.2. The SMILES string of the molecule is COc1cccc(/C=C/C(=O)c2cccc(OCC(=O)O)c2)c1OC(F)F. The first-order valence-electron chi connectivity index (χ1n) is 7.69. The molecule has 0 bridgehead atoms. The van der Waals surface area contributed by atoms with Gasteiger partial charge in [0.05, 0.1) is 7.11 Å². The summed E-state index contributed by atoms with van der Waals surface area (Å²) in [6.07, 6.45) is 2.51. The summed E-state index contributed by atoms with van der Waals surface area (Å²) < 4.78 is 39.8. The number of hydrogen-bond acceptors (Lipinski definition) is 5. The van der Waals surface area contributed by atoms with Crippen molar-refractivity contribution in [2.75, 3.05) is 13.7 Å². The van der Waals surface area contributed by atoms with Gasteiger partial charge in [-0.05, 0) is 30.4 Å². The molecule has 0 saturated heterocycles. The molecule has 0 aromatic heterocycles. The van der Waals surface area contributed by atoms with Crippen molar-refractivity contribution in [1.29, 1.82) is 0 Å². The van der Waals surface area contributed by atoms with Gasteiger partial charge in [-0.1, -0.05) is 24.3 Å². The van der Waals surface area contributed by atoms with Crippen LogP contribution in [0.2, 0.25) is 0 Å². The predicted octanol–water partition coefficient (Wildman–Crippen LogP) is 3.66. The molecule has 1 N–H and O–H groups in total. The predicted molar refractivity (Wildman–Crippen MR) is 92.6 cm³/mol. The zero-order chi connectivity index (χ0) is 19.8. The highest BCUT2D eigenvalue weighted by molar-refractivity contribution is 6.07. The normalized spacial score (nSPS) is 10.8. The second kappa shape index (κ2) is 9.33. The minimum atomic E-state index is -3.05. The fraction of sp³-hybridized carbons (Fsp3) is 0.158. The van der Waals surface area contributed by atoms with Gasteiger partial charge in [-0.15, -0.1) is 0 Å². The molecule has 2 aromatic rings. The molecular weight excluding hydrogens is 362 g/mol. The highest BCUT2D eigenvalue weighted by Gasteiger charge is 2.14. The van der Waals surface area contributed by atoms with Crippen molar-refractivity contribution < 1.29 is 37.7 Å². The van der Waals surface area contributed by atoms with Crippen molar-refractivity contribution in [2.45, 2.75) is 6.61 Å². The molecule has 8 heteroatoms. The van der Waals surface area contributed by atoms with Crippen LogP contribution in [-0.2, 0) is 4.79 Å². The summed E-state index contributed by atoms with van der Waals surface area (Å²) in [6.45, 7) is -3.58. The number of ether oxygens (including phenoxy) is 3. The molecule has 27 heavy (non-hydrogen) atoms. The van der Waals surface area contributed by atoms with Crippen LogP contribution in [0.15, 0.2) is 48.5 Å². The quantitative estimate of drug-likeness (QED) is 0.530. The minimum absolute atomic E-state index is 0.106. The second-order valence-electron chi connectivity index (χ2n) is 5.16. The van der Waals surface area contributed by atoms with E-state index in [-0.39, 0.29) is 28.4 Å². The van der Waals surface area contributed by atoms with Crippen LogP contribution in [0.25, 0.3) is 6.08 Å². The Morgan fingerprint density at radius 3 is 2.59 bits per heavy atom. The highest BCUT2D eigenvalue weighted by Crippen LogP contribution is 2.33. The molecule has 142 valence electrons. The lowest BCUT2D eigenvalue weighted by molar-refractivity contribution is -0.139. The number of carbonyl (C=O) groups is 2. The van der Waals surface area contributed by atoms with Crippen LogP contribution in [0.1, 0.15) is 15.9 Å². The van der Waals surface area contributed by atoms with Gasteiger partial charge in [0.2, 0.25) is 0 Å². The van der Waals surface area contributed by atoms with E-state index in [0.717, 1.165) is 0 Å². The van der Waals surface area contributed by atoms with Gasteiger partial charge in [-0.2, -0.15) is 8.78 Å². The van der Waals surface area contributed by atoms with E-state index < -0.39 is 25.0 Å². The van der Waals surface area contributed by atoms with Gasteiger partial charge in [0.25, 0.3) is 0 Å². The minimum Gasteiger partial charge on any atom is -0.493 e. The fourth-order valence-electron chi connectivity index (χ4n) is 2.19. The maximum atomic E-state index is 12.6. The van der Waals surface area contributed by atoms with Crippen molar-refractivity contribution in [3.63, 3.8) is 0 Å². The van der Waals surface area contributed by atoms with E-state index in [1.165, 1.54) is 55.7 Å². The molecule has 0 fully saturated rings. The average molecular weight is 378 g/mol. The van der Waals surface area contributed by atoms with Crippen molar-refractivity contribution in [3.8, 4) is 17.2 Å². The van der Waals surface area contributed by atoms with E-state index >= 15 is 0 Å². The van der Waals surface area contributed by atoms with Gasteiger partial charge >= 0.3 is 12.6 Å². The number of aliphatic carboxylic acids is 1. The van der Waals surface area contributed by atoms with Gasteiger partial charge in [-0.3, -0.25) is 4.79 Å². The van der Waals surface area contributed by atoms with Gasteiger partial charge in [0.15, 0.2) is 23.9 Å². The summed E-state index contributed by atoms with van der Waals surface area (Å²) >= 11 is 0. The van der Waals surface area contributed by atoms with Crippen molar-refractivity contribution in [2.24, 2.45) is 0 Å². The molecule has 0 aliphatic rings. The molecule has 2 aromatic carbocycles. The molecule has 0 saturated carbocycles. The van der Waals surface area contributed by atoms with Crippen molar-refractivity contribution in [1.82, 2.24) is 0 Å². The maximum Gasteiger partial charge on any atom is 0.387 e. The summed E-state index contributed by atoms with van der Waals surface area (Å²) in [7, 11) is 1.31. The monoisotopic (exact) mass is 378 g/mol. The summed E-state index contributed by atoms with van der Waals surface area (Å²) in [5, 5.41) is 8.62. The summed E-state index contributed by atoms with van der Waals surface area (Å²) in [6, 6.07) is 10.5. The van der Waals surface area contributed by atoms with Crippen molar-refractivity contribution in [3.05, 3.63) is 59.7 Å². The number of ketones is 1. The van der Waals surface area contributed by atoms with Gasteiger partial charge in [-0.25, -0.2) is 4.79 Å². The lowest BCUT2D eigenvalue weighted by Crippen LogP contribution is -2.09. The third-order valence-corrected chi connectivity index (χ3v) is 3.33. The van der Waals surface area contributed by atoms with Crippen LogP contribution >= 0.6 is 0 Å². The van der Waals surface area contributed by atoms with E-state index in [1.54, 1.807) is 6.07 Å². The molecule has 0 radical (unpaired) electrons. The van der Waals surface area contributed by atoms with Crippen LogP contribution in [0.5, 0.6) is 17.2 Å². The van der Waals surface area contributed by atoms with Crippen LogP contribution < -0.4 is 14.2 Å². The number of alkyl halides is 2. The Bertz CT molecular complexity index is 848. The molecule has 0 aliphatic heterocycles. The molecule has 0 atom stereocenters. The number of carboxylic acid groups (broad SMARTS) is 1. The number of benzene rings is 2. The first-order chi connectivity index (χ1) is 12.9. The molecule has 2 rings (SSSR count). The van der Waals surface area contributed by atoms with E-state index in [1.807, 2.05) is 0 Å². The summed E-state index contributed by atoms with van der Waals surface area (Å²) in [5.41, 5.74) is 0.481. The van der Waals surface area contributed by atoms with E-state index in [2.05, 4.69) is 4.74 Å². The van der Waals surface area contributed by atoms with E-state index in [9.17, 15) is 18.4 Å². The largest absolute Gasteiger partial charge is 0.493 e. The third-order valence-electron chi connectivity index (χ3n) is 3.33. The Labute approximate surface area is 153 Å². The number of allylic oxidation sites excluding steroid dienone is 1. The fourth-order valence-corrected chi connectivity index (χ4v) is 2.19. The van der Waals surface area contributed by atoms with Gasteiger partial charge in [0, 0.05) is 11.1 Å². The maximum absolute atomic E-state index is 12.6. The van der Waals surface area contributed by atoms with Crippen LogP contribution in [0.3, 0.4) is 0 Å². The first-order valence-corrected chi connectivity index (χ1v) is 7.69. The van der Waals surface area contributed by atoms with Crippen LogP contribution in [-0.4, -0.2) is 37.2 Å². The number of hydrogen-bond donors (Lipinski definition) is 1. The van der Waals surface area contributed by atoms with Crippen LogP contribution in [0.4, 0.5) is 8.78 Å². The average Bonchev–Trinajstić information content (AvgIpc) is 2.65. The van der Waals surface area contributed by atoms with Crippen LogP contribution in [0, 0.1) is 0 Å². The summed E-state index contributed by atoms with van der Waals surface area (Å²) in [4.78, 5) is 22.9. The molecule has 0 amide bonds. The number of carboxylic acids is 1. The Balaban J connectivity index is 2.22. The van der Waals surface area contributed by atoms with Gasteiger partial charge < -0.3 is 19.3 Å². The Hall–Kier alpha value is -3.42. The first kappa shape index (κ1) is 19.9. The Morgan fingerprint density at radius 2 is 1.93 bits per heavy atom. The topological polar surface area (TPSA) is 82.1 Å². The zero-order valence-electron chi connectivity index (χ0n) is 14.2. The molecule has 0 unspecified atom stereocenters. The van der Waals surface area contributed by atoms with E-state index in [0.29, 0.717) is 0 Å². The lowest BCUT2D eigenvalue weighted by atomic mass is 10.1. The molecular formula is C19H16F2O6. The number of para-hydroxylation sites is 1. The Kier molecular flexibility index (Phi) is 6.87. The Morgan fingerprint density at radius 1 is 1.19 bits per heavy atom. The van der Waals surface area contributed by atoms with E-state index in [4.69, 9.17) is 14.6 Å². The molecule has 6 nitrogen and oxygen atoms in total. The number of halogens is 2. The third kappa shape index (κ3) is 5.81. The second-order valence-corrected chi connectivity index (χ2v) is 5.16. The molecule has 0 aliphatic carbocycles. The number of carbonyl (C=O) groups excluding carboxylic acids is 1. The molecule has 0 heterocycles. The number of methoxy groups -OCH3 is 1. The number of rotatable bonds is 9. The molecule has 0 spiro atoms. The van der Waals surface area contributed by atoms with Gasteiger partial charge in [0.1, 0.15) is 5.75 Å². The standard InChI is InChI=1S/C19H16F2O6/c1-25-16-7-3-4-12(18(16)27-19(20)21)8-9-15(22)13-5-2-6-14(10-13)26-11-17(23)24/h2-10,19H,11H2,1H3,(H,23,24)/b9-8+. The smallest absolute Gasteiger partial charge is 0.387 e.